The number of Topliss-reactive ketones (excluding diaryl/α,β-unsaturated/α-hetero) is 1. The Labute approximate surface area is 138 Å². The lowest BCUT2D eigenvalue weighted by atomic mass is 9.90. The first-order valence-electron chi connectivity index (χ1n) is 8.39. The highest BCUT2D eigenvalue weighted by atomic mass is 16.1. The third kappa shape index (κ3) is 3.70. The Balaban J connectivity index is 1.85. The molecular formula is C21H23NO. The Morgan fingerprint density at radius 3 is 2.22 bits per heavy atom. The maximum Gasteiger partial charge on any atom is 0.190 e. The van der Waals surface area contributed by atoms with Crippen molar-refractivity contribution >= 4 is 5.78 Å². The molecule has 0 saturated carbocycles. The summed E-state index contributed by atoms with van der Waals surface area (Å²) in [7, 11) is 0. The van der Waals surface area contributed by atoms with E-state index in [0.717, 1.165) is 42.5 Å². The summed E-state index contributed by atoms with van der Waals surface area (Å²) in [6, 6.07) is 20.2. The van der Waals surface area contributed by atoms with Gasteiger partial charge in [-0.1, -0.05) is 60.7 Å². The molecule has 0 unspecified atom stereocenters. The van der Waals surface area contributed by atoms with E-state index in [1.54, 1.807) is 0 Å². The highest BCUT2D eigenvalue weighted by Crippen LogP contribution is 2.28. The summed E-state index contributed by atoms with van der Waals surface area (Å²) in [4.78, 5) is 12.8. The predicted molar refractivity (Wildman–Crippen MR) is 94.3 cm³/mol. The molecule has 0 amide bonds. The molecule has 2 nitrogen and oxygen atoms in total. The fourth-order valence-electron chi connectivity index (χ4n) is 3.17. The van der Waals surface area contributed by atoms with Crippen molar-refractivity contribution in [3.63, 3.8) is 0 Å². The standard InChI is InChI=1S/C21H23NO/c1-16(17-10-4-2-5-11-17)22-20-15-9-8-14-19(20)21(23)18-12-6-3-7-13-18/h2-7,10-13,16,22H,8-9,14-15H2,1H3/t16-/m1/s1. The van der Waals surface area contributed by atoms with E-state index < -0.39 is 0 Å². The highest BCUT2D eigenvalue weighted by Gasteiger charge is 2.21. The molecule has 0 bridgehead atoms. The maximum atomic E-state index is 12.8. The molecule has 0 aliphatic heterocycles. The number of hydrogen-bond donors (Lipinski definition) is 1. The van der Waals surface area contributed by atoms with Crippen LogP contribution in [-0.2, 0) is 0 Å². The third-order valence-corrected chi connectivity index (χ3v) is 4.47. The van der Waals surface area contributed by atoms with Crippen molar-refractivity contribution in [3.05, 3.63) is 83.1 Å². The van der Waals surface area contributed by atoms with Crippen molar-refractivity contribution in [1.82, 2.24) is 5.32 Å². The molecule has 0 spiro atoms. The zero-order valence-corrected chi connectivity index (χ0v) is 13.6. The van der Waals surface area contributed by atoms with Crippen LogP contribution in [0.1, 0.15) is 54.6 Å². The van der Waals surface area contributed by atoms with E-state index in [-0.39, 0.29) is 11.8 Å². The van der Waals surface area contributed by atoms with Crippen LogP contribution in [0.15, 0.2) is 71.9 Å². The number of rotatable bonds is 5. The van der Waals surface area contributed by atoms with Gasteiger partial charge in [-0.3, -0.25) is 4.79 Å². The number of ketones is 1. The van der Waals surface area contributed by atoms with Crippen molar-refractivity contribution < 1.29 is 4.79 Å². The average Bonchev–Trinajstić information content (AvgIpc) is 2.63. The lowest BCUT2D eigenvalue weighted by Gasteiger charge is -2.25. The molecule has 0 aromatic heterocycles. The number of benzene rings is 2. The number of hydrogen-bond acceptors (Lipinski definition) is 2. The molecule has 1 aliphatic rings. The van der Waals surface area contributed by atoms with Crippen molar-refractivity contribution in [2.45, 2.75) is 38.6 Å². The van der Waals surface area contributed by atoms with E-state index in [0.29, 0.717) is 0 Å². The van der Waals surface area contributed by atoms with Gasteiger partial charge in [-0.2, -0.15) is 0 Å². The minimum absolute atomic E-state index is 0.174. The van der Waals surface area contributed by atoms with Crippen molar-refractivity contribution in [1.29, 1.82) is 0 Å². The molecule has 23 heavy (non-hydrogen) atoms. The first-order valence-corrected chi connectivity index (χ1v) is 8.39. The van der Waals surface area contributed by atoms with E-state index in [4.69, 9.17) is 0 Å². The van der Waals surface area contributed by atoms with Crippen LogP contribution in [0.3, 0.4) is 0 Å². The Hall–Kier alpha value is -2.35. The van der Waals surface area contributed by atoms with Crippen molar-refractivity contribution in [3.8, 4) is 0 Å². The number of nitrogens with one attached hydrogen (secondary N) is 1. The molecule has 1 N–H and O–H groups in total. The number of carbonyl (C=O) groups excluding carboxylic acids is 1. The summed E-state index contributed by atoms with van der Waals surface area (Å²) in [5, 5.41) is 3.59. The monoisotopic (exact) mass is 305 g/mol. The van der Waals surface area contributed by atoms with Crippen LogP contribution in [0.2, 0.25) is 0 Å². The van der Waals surface area contributed by atoms with E-state index in [1.807, 2.05) is 36.4 Å². The minimum atomic E-state index is 0.174. The van der Waals surface area contributed by atoms with Gasteiger partial charge in [-0.05, 0) is 38.2 Å². The summed E-state index contributed by atoms with van der Waals surface area (Å²) in [5.74, 6) is 0.174. The third-order valence-electron chi connectivity index (χ3n) is 4.47. The Kier molecular flexibility index (Phi) is 4.92. The van der Waals surface area contributed by atoms with Crippen LogP contribution in [0, 0.1) is 0 Å². The molecule has 1 atom stereocenters. The second-order valence-corrected chi connectivity index (χ2v) is 6.14. The van der Waals surface area contributed by atoms with Gasteiger partial charge in [-0.25, -0.2) is 0 Å². The molecule has 0 fully saturated rings. The smallest absolute Gasteiger partial charge is 0.190 e. The molecule has 118 valence electrons. The van der Waals surface area contributed by atoms with E-state index in [9.17, 15) is 4.79 Å². The molecule has 2 aromatic rings. The molecule has 0 radical (unpaired) electrons. The van der Waals surface area contributed by atoms with Crippen LogP contribution in [0.25, 0.3) is 0 Å². The topological polar surface area (TPSA) is 29.1 Å². The van der Waals surface area contributed by atoms with Gasteiger partial charge >= 0.3 is 0 Å². The normalized spacial score (nSPS) is 16.0. The van der Waals surface area contributed by atoms with Gasteiger partial charge in [0.25, 0.3) is 0 Å². The first kappa shape index (κ1) is 15.5. The average molecular weight is 305 g/mol. The highest BCUT2D eigenvalue weighted by molar-refractivity contribution is 6.09. The van der Waals surface area contributed by atoms with Crippen LogP contribution in [0.4, 0.5) is 0 Å². The van der Waals surface area contributed by atoms with Gasteiger partial charge in [0.2, 0.25) is 0 Å². The largest absolute Gasteiger partial charge is 0.381 e. The van der Waals surface area contributed by atoms with Gasteiger partial charge < -0.3 is 5.32 Å². The Bertz CT molecular complexity index is 688. The zero-order valence-electron chi connectivity index (χ0n) is 13.6. The molecule has 0 heterocycles. The van der Waals surface area contributed by atoms with E-state index >= 15 is 0 Å². The molecule has 2 heteroatoms. The minimum Gasteiger partial charge on any atom is -0.381 e. The van der Waals surface area contributed by atoms with Gasteiger partial charge in [0.05, 0.1) is 0 Å². The summed E-state index contributed by atoms with van der Waals surface area (Å²) in [5.41, 5.74) is 4.12. The van der Waals surface area contributed by atoms with E-state index in [2.05, 4.69) is 36.5 Å². The van der Waals surface area contributed by atoms with Gasteiger partial charge in [0.15, 0.2) is 5.78 Å². The first-order chi connectivity index (χ1) is 11.3. The second-order valence-electron chi connectivity index (χ2n) is 6.14. The number of carbonyl (C=O) groups is 1. The molecule has 1 aliphatic carbocycles. The van der Waals surface area contributed by atoms with Crippen LogP contribution in [0.5, 0.6) is 0 Å². The summed E-state index contributed by atoms with van der Waals surface area (Å²) in [6.45, 7) is 2.15. The van der Waals surface area contributed by atoms with Crippen molar-refractivity contribution in [2.75, 3.05) is 0 Å². The molecule has 3 rings (SSSR count). The van der Waals surface area contributed by atoms with Crippen molar-refractivity contribution in [2.24, 2.45) is 0 Å². The van der Waals surface area contributed by atoms with Crippen LogP contribution in [-0.4, -0.2) is 5.78 Å². The Morgan fingerprint density at radius 2 is 1.52 bits per heavy atom. The van der Waals surface area contributed by atoms with E-state index in [1.165, 1.54) is 5.56 Å². The SMILES string of the molecule is C[C@@H](NC1=C(C(=O)c2ccccc2)CCCC1)c1ccccc1. The molecular weight excluding hydrogens is 282 g/mol. The lowest BCUT2D eigenvalue weighted by molar-refractivity contribution is 0.102. The molecule has 0 saturated heterocycles. The van der Waals surface area contributed by atoms with Crippen LogP contribution < -0.4 is 5.32 Å². The second kappa shape index (κ2) is 7.28. The van der Waals surface area contributed by atoms with Gasteiger partial charge in [0.1, 0.15) is 0 Å². The van der Waals surface area contributed by atoms with Gasteiger partial charge in [-0.15, -0.1) is 0 Å². The fraction of sp³-hybridized carbons (Fsp3) is 0.286. The quantitative estimate of drug-likeness (QED) is 0.783. The maximum absolute atomic E-state index is 12.8. The predicted octanol–water partition coefficient (Wildman–Crippen LogP) is 5.05. The fourth-order valence-corrected chi connectivity index (χ4v) is 3.17. The lowest BCUT2D eigenvalue weighted by Crippen LogP contribution is -2.24. The van der Waals surface area contributed by atoms with Crippen LogP contribution >= 0.6 is 0 Å². The summed E-state index contributed by atoms with van der Waals surface area (Å²) in [6.07, 6.45) is 4.08. The summed E-state index contributed by atoms with van der Waals surface area (Å²) >= 11 is 0. The summed E-state index contributed by atoms with van der Waals surface area (Å²) < 4.78 is 0. The zero-order chi connectivity index (χ0) is 16.1. The Morgan fingerprint density at radius 1 is 0.913 bits per heavy atom. The number of allylic oxidation sites excluding steroid dienone is 2. The van der Waals surface area contributed by atoms with Gasteiger partial charge in [0, 0.05) is 22.9 Å². The molecule has 2 aromatic carbocycles.